The van der Waals surface area contributed by atoms with E-state index in [0.717, 1.165) is 24.0 Å². The molecule has 1 fully saturated rings. The molecule has 2 aliphatic heterocycles. The van der Waals surface area contributed by atoms with E-state index in [-0.39, 0.29) is 0 Å². The minimum absolute atomic E-state index is 0.376. The molecule has 1 aromatic rings. The van der Waals surface area contributed by atoms with Crippen molar-refractivity contribution in [3.8, 4) is 0 Å². The zero-order valence-electron chi connectivity index (χ0n) is 11.2. The van der Waals surface area contributed by atoms with Crippen LogP contribution in [-0.4, -0.2) is 20.8 Å². The third-order valence-electron chi connectivity index (χ3n) is 4.29. The predicted octanol–water partition coefficient (Wildman–Crippen LogP) is 2.53. The lowest BCUT2D eigenvalue weighted by atomic mass is 9.88. The number of hydrogen-bond donors (Lipinski definition) is 1. The summed E-state index contributed by atoms with van der Waals surface area (Å²) in [5.74, 6) is 0. The highest BCUT2D eigenvalue weighted by Crippen LogP contribution is 2.38. The molecular weight excluding hydrogens is 258 g/mol. The van der Waals surface area contributed by atoms with Gasteiger partial charge in [-0.2, -0.15) is 0 Å². The lowest BCUT2D eigenvalue weighted by Gasteiger charge is -2.28. The summed E-state index contributed by atoms with van der Waals surface area (Å²) >= 11 is -2.16. The van der Waals surface area contributed by atoms with Gasteiger partial charge in [0.05, 0.1) is 0 Å². The lowest BCUT2D eigenvalue weighted by molar-refractivity contribution is 0.537. The molecule has 2 aliphatic rings. The van der Waals surface area contributed by atoms with Crippen LogP contribution in [0.2, 0.25) is 0 Å². The van der Waals surface area contributed by atoms with Gasteiger partial charge in [-0.1, -0.05) is 11.6 Å². The summed E-state index contributed by atoms with van der Waals surface area (Å²) in [5.41, 5.74) is 4.97. The van der Waals surface area contributed by atoms with Crippen molar-refractivity contribution < 1.29 is 8.76 Å². The van der Waals surface area contributed by atoms with Gasteiger partial charge in [0.2, 0.25) is 0 Å². The quantitative estimate of drug-likeness (QED) is 0.845. The van der Waals surface area contributed by atoms with Gasteiger partial charge in [0.25, 0.3) is 0 Å². The van der Waals surface area contributed by atoms with E-state index >= 15 is 0 Å². The largest absolute Gasteiger partial charge is 0.768 e. The van der Waals surface area contributed by atoms with Crippen molar-refractivity contribution >= 4 is 16.7 Å². The molecule has 3 atom stereocenters. The Bertz CT molecular complexity index is 580. The summed E-state index contributed by atoms with van der Waals surface area (Å²) in [6, 6.07) is 6.41. The molecule has 0 saturated carbocycles. The van der Waals surface area contributed by atoms with Crippen LogP contribution in [0, 0.1) is 6.92 Å². The highest BCUT2D eigenvalue weighted by atomic mass is 32.2. The molecule has 3 rings (SSSR count). The van der Waals surface area contributed by atoms with Gasteiger partial charge >= 0.3 is 0 Å². The molecule has 2 heterocycles. The normalized spacial score (nSPS) is 27.7. The van der Waals surface area contributed by atoms with E-state index in [1.165, 1.54) is 17.6 Å². The first-order chi connectivity index (χ1) is 9.06. The van der Waals surface area contributed by atoms with E-state index in [4.69, 9.17) is 0 Å². The van der Waals surface area contributed by atoms with Crippen molar-refractivity contribution in [2.45, 2.75) is 50.1 Å². The van der Waals surface area contributed by atoms with Crippen LogP contribution in [-0.2, 0) is 11.1 Å². The molecule has 4 heteroatoms. The smallest absolute Gasteiger partial charge is 0.0328 e. The number of hydrogen-bond acceptors (Lipinski definition) is 3. The summed E-state index contributed by atoms with van der Waals surface area (Å²) in [7, 11) is 0. The minimum Gasteiger partial charge on any atom is -0.768 e. The molecule has 19 heavy (non-hydrogen) atoms. The first-order valence-electron chi connectivity index (χ1n) is 6.72. The summed E-state index contributed by atoms with van der Waals surface area (Å²) in [6.45, 7) is 4.23. The lowest BCUT2D eigenvalue weighted by Crippen LogP contribution is -2.35. The van der Waals surface area contributed by atoms with Crippen LogP contribution >= 0.6 is 0 Å². The third kappa shape index (κ3) is 2.29. The van der Waals surface area contributed by atoms with Crippen molar-refractivity contribution in [2.75, 3.05) is 0 Å². The van der Waals surface area contributed by atoms with Gasteiger partial charge in [0.1, 0.15) is 0 Å². The highest BCUT2D eigenvalue weighted by molar-refractivity contribution is 7.79. The molecule has 0 aliphatic carbocycles. The Morgan fingerprint density at radius 3 is 2.84 bits per heavy atom. The number of benzene rings is 1. The van der Waals surface area contributed by atoms with Gasteiger partial charge in [-0.3, -0.25) is 4.21 Å². The van der Waals surface area contributed by atoms with Gasteiger partial charge in [0.15, 0.2) is 0 Å². The molecule has 3 nitrogen and oxygen atoms in total. The van der Waals surface area contributed by atoms with E-state index in [9.17, 15) is 8.76 Å². The van der Waals surface area contributed by atoms with Crippen molar-refractivity contribution in [2.24, 2.45) is 0 Å². The SMILES string of the molecule is CC1=C(c2cc(S(=O)[O-])ccc2C)C2CCC(C1)N2. The molecule has 0 amide bonds. The standard InChI is InChI=1S/C15H19NO2S/c1-9-3-5-12(19(17)18)8-13(9)15-10(2)7-11-4-6-14(15)16-11/h3,5,8,11,14,16H,4,6-7H2,1-2H3,(H,17,18)/p-1. The fraction of sp³-hybridized carbons (Fsp3) is 0.467. The molecule has 0 radical (unpaired) electrons. The van der Waals surface area contributed by atoms with Crippen molar-refractivity contribution in [1.82, 2.24) is 5.32 Å². The molecule has 1 N–H and O–H groups in total. The molecule has 1 aromatic carbocycles. The van der Waals surface area contributed by atoms with Gasteiger partial charge in [-0.15, -0.1) is 0 Å². The fourth-order valence-corrected chi connectivity index (χ4v) is 3.79. The molecule has 102 valence electrons. The van der Waals surface area contributed by atoms with E-state index in [0.29, 0.717) is 17.0 Å². The van der Waals surface area contributed by atoms with Gasteiger partial charge in [-0.05, 0) is 73.0 Å². The summed E-state index contributed by atoms with van der Waals surface area (Å²) in [5, 5.41) is 3.63. The van der Waals surface area contributed by atoms with Crippen LogP contribution < -0.4 is 5.32 Å². The second-order valence-electron chi connectivity index (χ2n) is 5.60. The molecule has 0 spiro atoms. The zero-order chi connectivity index (χ0) is 13.6. The average Bonchev–Trinajstić information content (AvgIpc) is 2.74. The van der Waals surface area contributed by atoms with E-state index in [2.05, 4.69) is 12.2 Å². The second kappa shape index (κ2) is 4.85. The first-order valence-corrected chi connectivity index (χ1v) is 7.79. The van der Waals surface area contributed by atoms with E-state index in [1.807, 2.05) is 19.1 Å². The molecule has 3 unspecified atom stereocenters. The topological polar surface area (TPSA) is 52.2 Å². The molecule has 1 saturated heterocycles. The summed E-state index contributed by atoms with van der Waals surface area (Å²) in [4.78, 5) is 0.376. The minimum atomic E-state index is -2.16. The highest BCUT2D eigenvalue weighted by Gasteiger charge is 2.33. The number of aryl methyl sites for hydroxylation is 1. The maximum Gasteiger partial charge on any atom is 0.0328 e. The van der Waals surface area contributed by atoms with Crippen LogP contribution in [0.5, 0.6) is 0 Å². The molecular formula is C15H18NO2S-. The Kier molecular flexibility index (Phi) is 3.33. The number of fused-ring (bicyclic) bond motifs is 2. The van der Waals surface area contributed by atoms with Crippen LogP contribution in [0.4, 0.5) is 0 Å². The average molecular weight is 276 g/mol. The Labute approximate surface area is 116 Å². The number of rotatable bonds is 2. The molecule has 0 aromatic heterocycles. The first kappa shape index (κ1) is 13.0. The predicted molar refractivity (Wildman–Crippen MR) is 75.5 cm³/mol. The zero-order valence-corrected chi connectivity index (χ0v) is 12.0. The Hall–Kier alpha value is -0.970. The Morgan fingerprint density at radius 1 is 1.32 bits per heavy atom. The maximum atomic E-state index is 11.2. The van der Waals surface area contributed by atoms with Crippen LogP contribution in [0.15, 0.2) is 28.7 Å². The Morgan fingerprint density at radius 2 is 2.11 bits per heavy atom. The monoisotopic (exact) mass is 276 g/mol. The van der Waals surface area contributed by atoms with E-state index < -0.39 is 11.1 Å². The fourth-order valence-electron chi connectivity index (χ4n) is 3.40. The van der Waals surface area contributed by atoms with Crippen LogP contribution in [0.3, 0.4) is 0 Å². The summed E-state index contributed by atoms with van der Waals surface area (Å²) in [6.07, 6.45) is 3.45. The van der Waals surface area contributed by atoms with Crippen molar-refractivity contribution in [3.05, 3.63) is 34.9 Å². The second-order valence-corrected chi connectivity index (χ2v) is 6.54. The van der Waals surface area contributed by atoms with Gasteiger partial charge in [-0.25, -0.2) is 0 Å². The van der Waals surface area contributed by atoms with Crippen LogP contribution in [0.1, 0.15) is 37.3 Å². The maximum absolute atomic E-state index is 11.2. The van der Waals surface area contributed by atoms with Gasteiger partial charge < -0.3 is 9.87 Å². The van der Waals surface area contributed by atoms with Crippen LogP contribution in [0.25, 0.3) is 5.57 Å². The van der Waals surface area contributed by atoms with Crippen molar-refractivity contribution in [3.63, 3.8) is 0 Å². The third-order valence-corrected chi connectivity index (χ3v) is 4.93. The van der Waals surface area contributed by atoms with Crippen molar-refractivity contribution in [1.29, 1.82) is 0 Å². The molecule has 2 bridgehead atoms. The van der Waals surface area contributed by atoms with E-state index in [1.54, 1.807) is 6.07 Å². The van der Waals surface area contributed by atoms with Gasteiger partial charge in [0, 0.05) is 17.0 Å². The summed E-state index contributed by atoms with van der Waals surface area (Å²) < 4.78 is 22.3. The number of nitrogens with one attached hydrogen (secondary N) is 1. The Balaban J connectivity index is 2.10.